The average molecular weight is 438 g/mol. The van der Waals surface area contributed by atoms with E-state index in [-0.39, 0.29) is 12.0 Å². The molecule has 0 saturated carbocycles. The molecule has 0 aliphatic carbocycles. The van der Waals surface area contributed by atoms with Crippen LogP contribution in [-0.2, 0) is 4.74 Å². The quantitative estimate of drug-likeness (QED) is 0.670. The number of anilines is 2. The van der Waals surface area contributed by atoms with E-state index in [2.05, 4.69) is 20.2 Å². The van der Waals surface area contributed by atoms with Gasteiger partial charge in [0, 0.05) is 42.8 Å². The van der Waals surface area contributed by atoms with Crippen molar-refractivity contribution in [3.63, 3.8) is 0 Å². The van der Waals surface area contributed by atoms with Crippen LogP contribution >= 0.6 is 11.3 Å². The monoisotopic (exact) mass is 437 g/mol. The lowest BCUT2D eigenvalue weighted by molar-refractivity contribution is 0.102. The molecule has 2 amide bonds. The molecule has 0 spiro atoms. The first-order valence-corrected chi connectivity index (χ1v) is 10.7. The molecule has 3 aromatic rings. The van der Waals surface area contributed by atoms with Crippen molar-refractivity contribution in [3.05, 3.63) is 59.1 Å². The number of benzene rings is 1. The Bertz CT molecular complexity index is 1060. The number of methoxy groups -OCH3 is 1. The highest BCUT2D eigenvalue weighted by atomic mass is 32.1. The van der Waals surface area contributed by atoms with Crippen LogP contribution < -0.4 is 10.2 Å². The van der Waals surface area contributed by atoms with Crippen molar-refractivity contribution >= 4 is 34.3 Å². The smallest absolute Gasteiger partial charge is 0.409 e. The maximum atomic E-state index is 12.7. The van der Waals surface area contributed by atoms with Crippen molar-refractivity contribution in [1.82, 2.24) is 14.9 Å². The summed E-state index contributed by atoms with van der Waals surface area (Å²) in [6.45, 7) is 4.46. The molecule has 2 aromatic heterocycles. The molecule has 0 atom stereocenters. The normalized spacial score (nSPS) is 13.7. The molecule has 8 nitrogen and oxygen atoms in total. The van der Waals surface area contributed by atoms with E-state index in [1.165, 1.54) is 18.4 Å². The van der Waals surface area contributed by atoms with Crippen molar-refractivity contribution in [2.45, 2.75) is 6.92 Å². The molecule has 3 heterocycles. The van der Waals surface area contributed by atoms with E-state index in [1.54, 1.807) is 17.2 Å². The Morgan fingerprint density at radius 3 is 2.45 bits per heavy atom. The van der Waals surface area contributed by atoms with E-state index in [4.69, 9.17) is 4.74 Å². The Hall–Kier alpha value is -3.46. The van der Waals surface area contributed by atoms with Gasteiger partial charge >= 0.3 is 6.09 Å². The minimum Gasteiger partial charge on any atom is -0.453 e. The fourth-order valence-corrected chi connectivity index (χ4v) is 4.27. The molecule has 1 N–H and O–H groups in total. The fraction of sp³-hybridized carbons (Fsp3) is 0.273. The number of thiazole rings is 1. The third-order valence-corrected chi connectivity index (χ3v) is 6.00. The Morgan fingerprint density at radius 1 is 1.06 bits per heavy atom. The molecule has 0 unspecified atom stereocenters. The van der Waals surface area contributed by atoms with Gasteiger partial charge in [0.2, 0.25) is 0 Å². The van der Waals surface area contributed by atoms with Crippen LogP contribution in [0.5, 0.6) is 0 Å². The number of amides is 2. The minimum absolute atomic E-state index is 0.247. The lowest BCUT2D eigenvalue weighted by Crippen LogP contribution is -2.49. The molecule has 160 valence electrons. The Labute approximate surface area is 184 Å². The molecule has 1 aliphatic rings. The van der Waals surface area contributed by atoms with E-state index < -0.39 is 0 Å². The zero-order chi connectivity index (χ0) is 21.8. The Morgan fingerprint density at radius 2 is 1.81 bits per heavy atom. The number of pyridine rings is 1. The van der Waals surface area contributed by atoms with Gasteiger partial charge < -0.3 is 14.5 Å². The first-order chi connectivity index (χ1) is 15.0. The van der Waals surface area contributed by atoms with E-state index >= 15 is 0 Å². The highest BCUT2D eigenvalue weighted by Gasteiger charge is 2.22. The third kappa shape index (κ3) is 4.66. The van der Waals surface area contributed by atoms with Crippen LogP contribution in [0.1, 0.15) is 15.2 Å². The summed E-state index contributed by atoms with van der Waals surface area (Å²) in [5.74, 6) is 0.528. The predicted octanol–water partition coefficient (Wildman–Crippen LogP) is 3.65. The molecule has 1 fully saturated rings. The van der Waals surface area contributed by atoms with E-state index in [0.717, 1.165) is 22.0 Å². The second-order valence-electron chi connectivity index (χ2n) is 7.09. The van der Waals surface area contributed by atoms with E-state index in [0.29, 0.717) is 36.9 Å². The topological polar surface area (TPSA) is 87.7 Å². The van der Waals surface area contributed by atoms with Gasteiger partial charge in [-0.05, 0) is 19.1 Å². The van der Waals surface area contributed by atoms with Crippen molar-refractivity contribution in [2.24, 2.45) is 0 Å². The number of rotatable bonds is 4. The number of aromatic nitrogens is 2. The van der Waals surface area contributed by atoms with Gasteiger partial charge in [-0.15, -0.1) is 11.3 Å². The SMILES string of the molecule is COC(=O)N1CCN(c2ccc(C(=O)Nc3nc(-c4ccccc4)c(C)s3)cn2)CC1. The van der Waals surface area contributed by atoms with Crippen LogP contribution in [0.3, 0.4) is 0 Å². The number of ether oxygens (including phenoxy) is 1. The highest BCUT2D eigenvalue weighted by Crippen LogP contribution is 2.30. The predicted molar refractivity (Wildman–Crippen MR) is 121 cm³/mol. The number of piperazine rings is 1. The minimum atomic E-state index is -0.313. The zero-order valence-electron chi connectivity index (χ0n) is 17.4. The second kappa shape index (κ2) is 9.13. The number of hydrogen-bond donors (Lipinski definition) is 1. The summed E-state index contributed by atoms with van der Waals surface area (Å²) in [6, 6.07) is 13.5. The summed E-state index contributed by atoms with van der Waals surface area (Å²) in [4.78, 5) is 38.1. The number of aryl methyl sites for hydroxylation is 1. The van der Waals surface area contributed by atoms with Crippen LogP contribution in [0.2, 0.25) is 0 Å². The van der Waals surface area contributed by atoms with Crippen molar-refractivity contribution in [2.75, 3.05) is 43.5 Å². The molecule has 0 radical (unpaired) electrons. The molecule has 0 bridgehead atoms. The average Bonchev–Trinajstić information content (AvgIpc) is 3.19. The van der Waals surface area contributed by atoms with Gasteiger partial charge in [0.25, 0.3) is 5.91 Å². The lowest BCUT2D eigenvalue weighted by Gasteiger charge is -2.34. The summed E-state index contributed by atoms with van der Waals surface area (Å²) in [5, 5.41) is 3.43. The molecule has 1 saturated heterocycles. The largest absolute Gasteiger partial charge is 0.453 e. The Kier molecular flexibility index (Phi) is 6.13. The van der Waals surface area contributed by atoms with Crippen LogP contribution in [0.25, 0.3) is 11.3 Å². The molecule has 9 heteroatoms. The van der Waals surface area contributed by atoms with Crippen LogP contribution in [0.4, 0.5) is 15.7 Å². The second-order valence-corrected chi connectivity index (χ2v) is 8.30. The lowest BCUT2D eigenvalue weighted by atomic mass is 10.1. The standard InChI is InChI=1S/C22H23N5O3S/c1-15-19(16-6-4-3-5-7-16)24-21(31-15)25-20(28)17-8-9-18(23-14-17)26-10-12-27(13-11-26)22(29)30-2/h3-9,14H,10-13H2,1-2H3,(H,24,25,28). The molecular formula is C22H23N5O3S. The zero-order valence-corrected chi connectivity index (χ0v) is 18.2. The molecule has 1 aromatic carbocycles. The summed E-state index contributed by atoms with van der Waals surface area (Å²) in [7, 11) is 1.38. The number of carbonyl (C=O) groups is 2. The van der Waals surface area contributed by atoms with E-state index in [9.17, 15) is 9.59 Å². The molecular weight excluding hydrogens is 414 g/mol. The maximum Gasteiger partial charge on any atom is 0.409 e. The van der Waals surface area contributed by atoms with Gasteiger partial charge in [0.1, 0.15) is 5.82 Å². The van der Waals surface area contributed by atoms with Crippen molar-refractivity contribution in [1.29, 1.82) is 0 Å². The third-order valence-electron chi connectivity index (χ3n) is 5.11. The van der Waals surface area contributed by atoms with Crippen molar-refractivity contribution < 1.29 is 14.3 Å². The summed E-state index contributed by atoms with van der Waals surface area (Å²) in [6.07, 6.45) is 1.25. The van der Waals surface area contributed by atoms with Gasteiger partial charge in [-0.25, -0.2) is 14.8 Å². The summed E-state index contributed by atoms with van der Waals surface area (Å²) < 4.78 is 4.76. The van der Waals surface area contributed by atoms with Crippen LogP contribution in [0.15, 0.2) is 48.7 Å². The molecule has 1 aliphatic heterocycles. The highest BCUT2D eigenvalue weighted by molar-refractivity contribution is 7.16. The summed E-state index contributed by atoms with van der Waals surface area (Å²) >= 11 is 1.45. The van der Waals surface area contributed by atoms with Gasteiger partial charge in [-0.1, -0.05) is 30.3 Å². The Balaban J connectivity index is 1.39. The fourth-order valence-electron chi connectivity index (χ4n) is 3.44. The van der Waals surface area contributed by atoms with E-state index in [1.807, 2.05) is 43.3 Å². The number of nitrogens with one attached hydrogen (secondary N) is 1. The number of hydrogen-bond acceptors (Lipinski definition) is 7. The van der Waals surface area contributed by atoms with Gasteiger partial charge in [0.15, 0.2) is 5.13 Å². The van der Waals surface area contributed by atoms with Crippen LogP contribution in [-0.4, -0.2) is 60.2 Å². The van der Waals surface area contributed by atoms with Crippen molar-refractivity contribution in [3.8, 4) is 11.3 Å². The van der Waals surface area contributed by atoms with Gasteiger partial charge in [-0.2, -0.15) is 0 Å². The molecule has 31 heavy (non-hydrogen) atoms. The number of nitrogens with zero attached hydrogens (tertiary/aromatic N) is 4. The first kappa shape index (κ1) is 20.8. The first-order valence-electron chi connectivity index (χ1n) is 9.93. The van der Waals surface area contributed by atoms with Gasteiger partial charge in [0.05, 0.1) is 18.4 Å². The molecule has 4 rings (SSSR count). The maximum absolute atomic E-state index is 12.7. The number of carbonyl (C=O) groups excluding carboxylic acids is 2. The van der Waals surface area contributed by atoms with Crippen LogP contribution in [0, 0.1) is 6.92 Å². The van der Waals surface area contributed by atoms with Gasteiger partial charge in [-0.3, -0.25) is 10.1 Å². The summed E-state index contributed by atoms with van der Waals surface area (Å²) in [5.41, 5.74) is 2.36.